The molecular formula is C29H33N3O6S. The van der Waals surface area contributed by atoms with Crippen LogP contribution in [0.25, 0.3) is 6.08 Å². The molecule has 3 aromatic rings. The number of benzene rings is 1. The van der Waals surface area contributed by atoms with Crippen molar-refractivity contribution >= 4 is 29.3 Å². The summed E-state index contributed by atoms with van der Waals surface area (Å²) in [7, 11) is 3.11. The minimum absolute atomic E-state index is 0.193. The molecular weight excluding hydrogens is 518 g/mol. The molecule has 10 heteroatoms. The van der Waals surface area contributed by atoms with Gasteiger partial charge in [0.2, 0.25) is 0 Å². The van der Waals surface area contributed by atoms with E-state index < -0.39 is 12.0 Å². The summed E-state index contributed by atoms with van der Waals surface area (Å²) >= 11 is 1.25. The number of hydrogen-bond acceptors (Lipinski definition) is 9. The normalized spacial score (nSPS) is 18.1. The van der Waals surface area contributed by atoms with Crippen LogP contribution in [-0.4, -0.2) is 44.5 Å². The van der Waals surface area contributed by atoms with Crippen LogP contribution >= 0.6 is 11.3 Å². The Morgan fingerprint density at radius 2 is 1.95 bits per heavy atom. The largest absolute Gasteiger partial charge is 0.497 e. The van der Waals surface area contributed by atoms with Gasteiger partial charge in [0.1, 0.15) is 23.3 Å². The van der Waals surface area contributed by atoms with Crippen LogP contribution < -0.4 is 29.3 Å². The van der Waals surface area contributed by atoms with E-state index in [4.69, 9.17) is 18.6 Å². The van der Waals surface area contributed by atoms with Crippen molar-refractivity contribution in [2.75, 3.05) is 38.8 Å². The van der Waals surface area contributed by atoms with Crippen LogP contribution in [0.4, 0.5) is 5.88 Å². The van der Waals surface area contributed by atoms with Crippen LogP contribution in [0, 0.1) is 5.92 Å². The van der Waals surface area contributed by atoms with Crippen molar-refractivity contribution in [1.82, 2.24) is 4.57 Å². The molecule has 0 unspecified atom stereocenters. The maximum atomic E-state index is 13.9. The number of carbonyl (C=O) groups is 1. The summed E-state index contributed by atoms with van der Waals surface area (Å²) in [6.45, 7) is 7.86. The molecule has 1 saturated heterocycles. The molecule has 9 nitrogen and oxygen atoms in total. The summed E-state index contributed by atoms with van der Waals surface area (Å²) in [5, 5.41) is 0. The van der Waals surface area contributed by atoms with Crippen molar-refractivity contribution in [3.63, 3.8) is 0 Å². The number of aromatic nitrogens is 1. The molecule has 2 aromatic heterocycles. The molecule has 1 atom stereocenters. The number of ether oxygens (including phenoxy) is 3. The topological polar surface area (TPSA) is 95.5 Å². The van der Waals surface area contributed by atoms with E-state index in [1.165, 1.54) is 15.9 Å². The van der Waals surface area contributed by atoms with Gasteiger partial charge in [-0.05, 0) is 56.9 Å². The van der Waals surface area contributed by atoms with Crippen molar-refractivity contribution in [3.8, 4) is 11.5 Å². The third-order valence-corrected chi connectivity index (χ3v) is 8.21. The number of piperidine rings is 1. The van der Waals surface area contributed by atoms with Gasteiger partial charge in [0.15, 0.2) is 10.7 Å². The van der Waals surface area contributed by atoms with Gasteiger partial charge < -0.3 is 23.5 Å². The van der Waals surface area contributed by atoms with E-state index in [0.29, 0.717) is 37.9 Å². The first-order valence-electron chi connectivity index (χ1n) is 13.1. The average molecular weight is 552 g/mol. The van der Waals surface area contributed by atoms with Gasteiger partial charge in [-0.1, -0.05) is 18.3 Å². The average Bonchev–Trinajstić information content (AvgIpc) is 3.52. The smallest absolute Gasteiger partial charge is 0.338 e. The van der Waals surface area contributed by atoms with E-state index in [1.807, 2.05) is 12.1 Å². The SMILES string of the molecule is CCOC(=O)C1=C(C)N=c2s/c(=C/c3ccc(N4CCC(C)CC4)o3)c(=O)n2[C@@H]1c1cc(OC)ccc1OC. The monoisotopic (exact) mass is 551 g/mol. The summed E-state index contributed by atoms with van der Waals surface area (Å²) in [6, 6.07) is 8.32. The molecule has 2 aliphatic rings. The number of furan rings is 1. The van der Waals surface area contributed by atoms with Crippen LogP contribution in [0.15, 0.2) is 55.8 Å². The van der Waals surface area contributed by atoms with Gasteiger partial charge in [-0.25, -0.2) is 9.79 Å². The van der Waals surface area contributed by atoms with Crippen LogP contribution in [0.2, 0.25) is 0 Å². The van der Waals surface area contributed by atoms with Crippen LogP contribution in [-0.2, 0) is 9.53 Å². The van der Waals surface area contributed by atoms with Crippen molar-refractivity contribution in [1.29, 1.82) is 0 Å². The number of nitrogens with zero attached hydrogens (tertiary/aromatic N) is 3. The number of fused-ring (bicyclic) bond motifs is 1. The molecule has 2 aliphatic heterocycles. The highest BCUT2D eigenvalue weighted by atomic mass is 32.1. The zero-order valence-electron chi connectivity index (χ0n) is 22.9. The molecule has 0 N–H and O–H groups in total. The Balaban J connectivity index is 1.63. The number of rotatable bonds is 7. The van der Waals surface area contributed by atoms with Gasteiger partial charge in [-0.3, -0.25) is 9.36 Å². The van der Waals surface area contributed by atoms with Crippen molar-refractivity contribution < 1.29 is 23.4 Å². The molecule has 0 radical (unpaired) electrons. The Hall–Kier alpha value is -3.79. The lowest BCUT2D eigenvalue weighted by Crippen LogP contribution is -2.40. The highest BCUT2D eigenvalue weighted by Crippen LogP contribution is 2.37. The van der Waals surface area contributed by atoms with Gasteiger partial charge in [0.25, 0.3) is 5.56 Å². The van der Waals surface area contributed by atoms with Gasteiger partial charge in [-0.2, -0.15) is 0 Å². The first-order valence-corrected chi connectivity index (χ1v) is 13.9. The summed E-state index contributed by atoms with van der Waals surface area (Å²) in [4.78, 5) is 34.5. The van der Waals surface area contributed by atoms with Gasteiger partial charge >= 0.3 is 5.97 Å². The molecule has 5 rings (SSSR count). The fraction of sp³-hybridized carbons (Fsp3) is 0.414. The number of anilines is 1. The Labute approximate surface area is 230 Å². The fourth-order valence-electron chi connectivity index (χ4n) is 5.09. The van der Waals surface area contributed by atoms with Crippen molar-refractivity contribution in [3.05, 3.63) is 72.6 Å². The van der Waals surface area contributed by atoms with E-state index in [2.05, 4.69) is 16.8 Å². The second-order valence-electron chi connectivity index (χ2n) is 9.76. The number of methoxy groups -OCH3 is 2. The standard InChI is InChI=1S/C29H33N3O6S/c1-6-37-28(34)25-18(3)30-29-32(26(25)21-15-19(35-4)7-9-22(21)36-5)27(33)23(39-29)16-20-8-10-24(38-20)31-13-11-17(2)12-14-31/h7-10,15-17,26H,6,11-14H2,1-5H3/b23-16+/t26-/m1/s1. The number of esters is 1. The van der Waals surface area contributed by atoms with E-state index >= 15 is 0 Å². The highest BCUT2D eigenvalue weighted by Gasteiger charge is 2.35. The molecule has 0 aliphatic carbocycles. The first-order chi connectivity index (χ1) is 18.8. The first kappa shape index (κ1) is 26.8. The lowest BCUT2D eigenvalue weighted by Gasteiger charge is -2.29. The van der Waals surface area contributed by atoms with E-state index in [0.717, 1.165) is 37.7 Å². The number of hydrogen-bond donors (Lipinski definition) is 0. The Kier molecular flexibility index (Phi) is 7.65. The Morgan fingerprint density at radius 1 is 1.18 bits per heavy atom. The van der Waals surface area contributed by atoms with Crippen LogP contribution in [0.5, 0.6) is 11.5 Å². The van der Waals surface area contributed by atoms with Crippen molar-refractivity contribution in [2.24, 2.45) is 10.9 Å². The molecule has 1 fully saturated rings. The quantitative estimate of drug-likeness (QED) is 0.414. The van der Waals surface area contributed by atoms with E-state index in [9.17, 15) is 9.59 Å². The molecule has 1 aromatic carbocycles. The van der Waals surface area contributed by atoms with E-state index in [-0.39, 0.29) is 17.7 Å². The van der Waals surface area contributed by atoms with Gasteiger partial charge in [0.05, 0.1) is 36.6 Å². The maximum absolute atomic E-state index is 13.9. The predicted octanol–water partition coefficient (Wildman–Crippen LogP) is 3.64. The lowest BCUT2D eigenvalue weighted by atomic mass is 9.95. The number of thiazole rings is 1. The number of allylic oxidation sites excluding steroid dienone is 1. The molecule has 4 heterocycles. The molecule has 206 valence electrons. The molecule has 0 bridgehead atoms. The third-order valence-electron chi connectivity index (χ3n) is 7.23. The fourth-order valence-corrected chi connectivity index (χ4v) is 6.11. The maximum Gasteiger partial charge on any atom is 0.338 e. The molecule has 0 amide bonds. The van der Waals surface area contributed by atoms with E-state index in [1.54, 1.807) is 52.3 Å². The van der Waals surface area contributed by atoms with Gasteiger partial charge in [0, 0.05) is 30.8 Å². The minimum atomic E-state index is -0.810. The summed E-state index contributed by atoms with van der Waals surface area (Å²) in [6.07, 6.45) is 4.00. The predicted molar refractivity (Wildman–Crippen MR) is 149 cm³/mol. The lowest BCUT2D eigenvalue weighted by molar-refractivity contribution is -0.139. The molecule has 0 spiro atoms. The van der Waals surface area contributed by atoms with Crippen LogP contribution in [0.3, 0.4) is 0 Å². The van der Waals surface area contributed by atoms with Crippen LogP contribution in [0.1, 0.15) is 51.0 Å². The summed E-state index contributed by atoms with van der Waals surface area (Å²) in [5.74, 6) is 2.66. The Bertz CT molecular complexity index is 1590. The summed E-state index contributed by atoms with van der Waals surface area (Å²) in [5.41, 5.74) is 1.08. The minimum Gasteiger partial charge on any atom is -0.497 e. The van der Waals surface area contributed by atoms with Gasteiger partial charge in [-0.15, -0.1) is 0 Å². The molecule has 39 heavy (non-hydrogen) atoms. The second kappa shape index (κ2) is 11.1. The third kappa shape index (κ3) is 5.13. The van der Waals surface area contributed by atoms with Crippen molar-refractivity contribution in [2.45, 2.75) is 39.7 Å². The number of carbonyl (C=O) groups excluding carboxylic acids is 1. The zero-order chi connectivity index (χ0) is 27.7. The second-order valence-corrected chi connectivity index (χ2v) is 10.8. The summed E-state index contributed by atoms with van der Waals surface area (Å²) < 4.78 is 24.6. The highest BCUT2D eigenvalue weighted by molar-refractivity contribution is 7.07. The zero-order valence-corrected chi connectivity index (χ0v) is 23.7. The Morgan fingerprint density at radius 3 is 2.64 bits per heavy atom. The molecule has 0 saturated carbocycles.